The van der Waals surface area contributed by atoms with Crippen LogP contribution >= 0.6 is 0 Å². The normalized spacial score (nSPS) is 10.3. The number of ether oxygens (including phenoxy) is 2. The summed E-state index contributed by atoms with van der Waals surface area (Å²) in [5.41, 5.74) is 5.05. The topological polar surface area (TPSA) is 59.6 Å². The molecule has 5 heteroatoms. The van der Waals surface area contributed by atoms with Crippen molar-refractivity contribution in [1.29, 1.82) is 0 Å². The summed E-state index contributed by atoms with van der Waals surface area (Å²) in [5.74, 6) is 1.35. The van der Waals surface area contributed by atoms with Crippen LogP contribution in [0.2, 0.25) is 0 Å². The number of aryl methyl sites for hydroxylation is 1. The van der Waals surface area contributed by atoms with Crippen LogP contribution in [0.1, 0.15) is 23.6 Å². The minimum Gasteiger partial charge on any atom is -0.493 e. The van der Waals surface area contributed by atoms with E-state index in [-0.39, 0.29) is 5.91 Å². The van der Waals surface area contributed by atoms with Gasteiger partial charge in [0.15, 0.2) is 11.5 Å². The van der Waals surface area contributed by atoms with E-state index in [0.717, 1.165) is 28.3 Å². The number of hydrogen-bond donors (Lipinski definition) is 2. The quantitative estimate of drug-likeness (QED) is 0.558. The first-order chi connectivity index (χ1) is 14.0. The predicted octanol–water partition coefficient (Wildman–Crippen LogP) is 5.15. The van der Waals surface area contributed by atoms with E-state index in [1.165, 1.54) is 12.5 Å². The molecular weight excluding hydrogens is 364 g/mol. The van der Waals surface area contributed by atoms with Crippen LogP contribution in [-0.4, -0.2) is 13.0 Å². The summed E-state index contributed by atoms with van der Waals surface area (Å²) in [6.45, 7) is 4.61. The molecule has 0 radical (unpaired) electrons. The summed E-state index contributed by atoms with van der Waals surface area (Å²) >= 11 is 0. The van der Waals surface area contributed by atoms with E-state index in [2.05, 4.69) is 41.8 Å². The highest BCUT2D eigenvalue weighted by Gasteiger charge is 2.11. The molecule has 0 aliphatic carbocycles. The summed E-state index contributed by atoms with van der Waals surface area (Å²) < 4.78 is 11.6. The van der Waals surface area contributed by atoms with E-state index in [4.69, 9.17) is 9.47 Å². The molecule has 1 amide bonds. The third kappa shape index (κ3) is 5.75. The zero-order chi connectivity index (χ0) is 20.6. The monoisotopic (exact) mass is 390 g/mol. The molecule has 3 aromatic carbocycles. The first-order valence-corrected chi connectivity index (χ1v) is 9.51. The Bertz CT molecular complexity index is 951. The van der Waals surface area contributed by atoms with Crippen molar-refractivity contribution < 1.29 is 14.3 Å². The van der Waals surface area contributed by atoms with Crippen LogP contribution in [0.4, 0.5) is 11.4 Å². The van der Waals surface area contributed by atoms with Crippen molar-refractivity contribution >= 4 is 17.3 Å². The lowest BCUT2D eigenvalue weighted by atomic mass is 10.1. The summed E-state index contributed by atoms with van der Waals surface area (Å²) in [6, 6.07) is 21.8. The average Bonchev–Trinajstić information content (AvgIpc) is 2.72. The lowest BCUT2D eigenvalue weighted by Gasteiger charge is -2.16. The minimum atomic E-state index is -0.0857. The number of nitrogens with one attached hydrogen (secondary N) is 2. The van der Waals surface area contributed by atoms with Crippen molar-refractivity contribution in [2.24, 2.45) is 0 Å². The van der Waals surface area contributed by atoms with Gasteiger partial charge in [-0.1, -0.05) is 42.0 Å². The molecule has 3 aromatic rings. The number of anilines is 2. The molecule has 0 aliphatic rings. The Morgan fingerprint density at radius 1 is 0.931 bits per heavy atom. The zero-order valence-electron chi connectivity index (χ0n) is 17.0. The van der Waals surface area contributed by atoms with Gasteiger partial charge in [-0.3, -0.25) is 4.79 Å². The van der Waals surface area contributed by atoms with Crippen molar-refractivity contribution in [2.45, 2.75) is 27.0 Å². The maximum atomic E-state index is 11.1. The van der Waals surface area contributed by atoms with Crippen molar-refractivity contribution in [3.8, 4) is 11.5 Å². The van der Waals surface area contributed by atoms with Gasteiger partial charge in [0.05, 0.1) is 7.11 Å². The molecule has 0 aromatic heterocycles. The van der Waals surface area contributed by atoms with Crippen LogP contribution in [0, 0.1) is 6.92 Å². The molecular formula is C24H26N2O3. The zero-order valence-corrected chi connectivity index (χ0v) is 17.0. The fraction of sp³-hybridized carbons (Fsp3) is 0.208. The van der Waals surface area contributed by atoms with E-state index in [1.54, 1.807) is 7.11 Å². The predicted molar refractivity (Wildman–Crippen MR) is 117 cm³/mol. The molecule has 29 heavy (non-hydrogen) atoms. The van der Waals surface area contributed by atoms with Gasteiger partial charge < -0.3 is 20.1 Å². The molecule has 0 fully saturated rings. The molecule has 3 rings (SSSR count). The van der Waals surface area contributed by atoms with Gasteiger partial charge in [-0.2, -0.15) is 0 Å². The Balaban J connectivity index is 1.69. The number of carbonyl (C=O) groups is 1. The van der Waals surface area contributed by atoms with Gasteiger partial charge in [0.1, 0.15) is 6.61 Å². The molecule has 0 unspecified atom stereocenters. The Labute approximate surface area is 171 Å². The van der Waals surface area contributed by atoms with Crippen LogP contribution in [0.3, 0.4) is 0 Å². The fourth-order valence-corrected chi connectivity index (χ4v) is 2.94. The highest BCUT2D eigenvalue weighted by atomic mass is 16.5. The average molecular weight is 390 g/mol. The van der Waals surface area contributed by atoms with Crippen LogP contribution in [0.5, 0.6) is 11.5 Å². The third-order valence-corrected chi connectivity index (χ3v) is 4.47. The molecule has 0 aliphatic heterocycles. The van der Waals surface area contributed by atoms with Gasteiger partial charge in [0, 0.05) is 30.4 Å². The van der Waals surface area contributed by atoms with Gasteiger partial charge in [-0.15, -0.1) is 0 Å². The molecule has 0 saturated heterocycles. The molecule has 5 nitrogen and oxygen atoms in total. The molecule has 0 saturated carbocycles. The van der Waals surface area contributed by atoms with E-state index < -0.39 is 0 Å². The number of methoxy groups -OCH3 is 1. The highest BCUT2D eigenvalue weighted by molar-refractivity contribution is 5.88. The fourth-order valence-electron chi connectivity index (χ4n) is 2.94. The van der Waals surface area contributed by atoms with Crippen molar-refractivity contribution in [2.75, 3.05) is 17.7 Å². The van der Waals surface area contributed by atoms with Gasteiger partial charge in [0.25, 0.3) is 0 Å². The van der Waals surface area contributed by atoms with Gasteiger partial charge in [-0.25, -0.2) is 0 Å². The van der Waals surface area contributed by atoms with Crippen LogP contribution in [0.25, 0.3) is 0 Å². The summed E-state index contributed by atoms with van der Waals surface area (Å²) in [5, 5.41) is 6.15. The van der Waals surface area contributed by atoms with Crippen molar-refractivity contribution in [1.82, 2.24) is 0 Å². The molecule has 0 heterocycles. The van der Waals surface area contributed by atoms with E-state index in [1.807, 2.05) is 42.5 Å². The maximum absolute atomic E-state index is 11.1. The number of rotatable bonds is 8. The first kappa shape index (κ1) is 20.3. The lowest BCUT2D eigenvalue weighted by Crippen LogP contribution is -2.06. The summed E-state index contributed by atoms with van der Waals surface area (Å²) in [6.07, 6.45) is 0. The Morgan fingerprint density at radius 2 is 1.62 bits per heavy atom. The van der Waals surface area contributed by atoms with Crippen LogP contribution in [0.15, 0.2) is 66.7 Å². The van der Waals surface area contributed by atoms with Gasteiger partial charge in [-0.05, 0) is 42.8 Å². The van der Waals surface area contributed by atoms with Gasteiger partial charge in [0.2, 0.25) is 5.91 Å². The van der Waals surface area contributed by atoms with E-state index >= 15 is 0 Å². The first-order valence-electron chi connectivity index (χ1n) is 9.51. The molecule has 0 spiro atoms. The second-order valence-corrected chi connectivity index (χ2v) is 6.83. The standard InChI is InChI=1S/C24H26N2O3/c1-17-7-9-19(10-8-17)16-29-24-20(5-4-6-23(24)28-3)15-25-21-11-13-22(14-12-21)26-18(2)27/h4-14,25H,15-16H2,1-3H3,(H,26,27). The Hall–Kier alpha value is -3.47. The Kier molecular flexibility index (Phi) is 6.74. The molecule has 2 N–H and O–H groups in total. The van der Waals surface area contributed by atoms with Gasteiger partial charge >= 0.3 is 0 Å². The maximum Gasteiger partial charge on any atom is 0.221 e. The largest absolute Gasteiger partial charge is 0.493 e. The van der Waals surface area contributed by atoms with Crippen LogP contribution < -0.4 is 20.1 Å². The molecule has 150 valence electrons. The summed E-state index contributed by atoms with van der Waals surface area (Å²) in [7, 11) is 1.64. The molecule has 0 atom stereocenters. The number of carbonyl (C=O) groups excluding carboxylic acids is 1. The summed E-state index contributed by atoms with van der Waals surface area (Å²) in [4.78, 5) is 11.1. The highest BCUT2D eigenvalue weighted by Crippen LogP contribution is 2.32. The van der Waals surface area contributed by atoms with Crippen molar-refractivity contribution in [3.05, 3.63) is 83.4 Å². The second-order valence-electron chi connectivity index (χ2n) is 6.83. The van der Waals surface area contributed by atoms with E-state index in [9.17, 15) is 4.79 Å². The van der Waals surface area contributed by atoms with Crippen molar-refractivity contribution in [3.63, 3.8) is 0 Å². The molecule has 0 bridgehead atoms. The number of hydrogen-bond acceptors (Lipinski definition) is 4. The third-order valence-electron chi connectivity index (χ3n) is 4.47. The smallest absolute Gasteiger partial charge is 0.221 e. The van der Waals surface area contributed by atoms with Crippen LogP contribution in [-0.2, 0) is 17.9 Å². The number of amides is 1. The Morgan fingerprint density at radius 3 is 2.28 bits per heavy atom. The number of benzene rings is 3. The second kappa shape index (κ2) is 9.64. The minimum absolute atomic E-state index is 0.0857. The van der Waals surface area contributed by atoms with E-state index in [0.29, 0.717) is 18.9 Å². The lowest BCUT2D eigenvalue weighted by molar-refractivity contribution is -0.114. The number of para-hydroxylation sites is 1. The SMILES string of the molecule is COc1cccc(CNc2ccc(NC(C)=O)cc2)c1OCc1ccc(C)cc1.